The first-order valence-electron chi connectivity index (χ1n) is 9.02. The molecule has 0 aliphatic rings. The molecule has 0 spiro atoms. The van der Waals surface area contributed by atoms with Crippen LogP contribution in [0.25, 0.3) is 27.9 Å². The first kappa shape index (κ1) is 19.4. The minimum Gasteiger partial charge on any atom is -0.378 e. The molecule has 29 heavy (non-hydrogen) atoms. The number of aromatic nitrogens is 6. The minimum absolute atomic E-state index is 0.174. The van der Waals surface area contributed by atoms with E-state index < -0.39 is 0 Å². The van der Waals surface area contributed by atoms with E-state index in [-0.39, 0.29) is 17.7 Å². The second-order valence-corrected chi connectivity index (χ2v) is 7.35. The topological polar surface area (TPSA) is 90.4 Å². The van der Waals surface area contributed by atoms with Gasteiger partial charge in [0.2, 0.25) is 0 Å². The van der Waals surface area contributed by atoms with Gasteiger partial charge < -0.3 is 9.64 Å². The van der Waals surface area contributed by atoms with Gasteiger partial charge in [-0.15, -0.1) is 10.2 Å². The van der Waals surface area contributed by atoms with E-state index in [9.17, 15) is 4.79 Å². The van der Waals surface area contributed by atoms with Gasteiger partial charge in [0.15, 0.2) is 16.8 Å². The highest BCUT2D eigenvalue weighted by molar-refractivity contribution is 6.30. The molecule has 0 aliphatic heterocycles. The molecule has 0 saturated carbocycles. The highest BCUT2D eigenvalue weighted by atomic mass is 35.5. The number of fused-ring (bicyclic) bond motifs is 3. The zero-order valence-corrected chi connectivity index (χ0v) is 17.1. The molecular weight excluding hydrogens is 394 g/mol. The first-order chi connectivity index (χ1) is 14.0. The van der Waals surface area contributed by atoms with Crippen molar-refractivity contribution in [3.05, 3.63) is 51.7 Å². The standard InChI is InChI=1S/C19H20ClN7O2/c1-25(2)8-9-26-11-21-18-16(19(26)28)22-23-17-15(12-4-6-13(20)7-5-12)14(10-29-3)24-27(17)18/h4-7,11H,8-10H2,1-3H3. The van der Waals surface area contributed by atoms with Gasteiger partial charge in [-0.1, -0.05) is 23.7 Å². The Morgan fingerprint density at radius 3 is 2.59 bits per heavy atom. The monoisotopic (exact) mass is 413 g/mol. The van der Waals surface area contributed by atoms with Gasteiger partial charge >= 0.3 is 0 Å². The van der Waals surface area contributed by atoms with Crippen molar-refractivity contribution in [1.29, 1.82) is 0 Å². The fourth-order valence-corrected chi connectivity index (χ4v) is 3.25. The van der Waals surface area contributed by atoms with Crippen molar-refractivity contribution in [3.63, 3.8) is 0 Å². The second-order valence-electron chi connectivity index (χ2n) is 6.92. The zero-order chi connectivity index (χ0) is 20.5. The van der Waals surface area contributed by atoms with Crippen LogP contribution < -0.4 is 5.56 Å². The lowest BCUT2D eigenvalue weighted by Gasteiger charge is -2.11. The van der Waals surface area contributed by atoms with Crippen LogP contribution in [0.15, 0.2) is 35.4 Å². The van der Waals surface area contributed by atoms with Gasteiger partial charge in [0.25, 0.3) is 5.56 Å². The van der Waals surface area contributed by atoms with Crippen LogP contribution in [0.5, 0.6) is 0 Å². The molecule has 4 aromatic rings. The molecule has 0 unspecified atom stereocenters. The van der Waals surface area contributed by atoms with Gasteiger partial charge in [0.1, 0.15) is 6.33 Å². The lowest BCUT2D eigenvalue weighted by atomic mass is 10.1. The molecular formula is C19H20ClN7O2. The zero-order valence-electron chi connectivity index (χ0n) is 16.3. The molecule has 3 aromatic heterocycles. The fourth-order valence-electron chi connectivity index (χ4n) is 3.12. The second kappa shape index (κ2) is 7.86. The maximum atomic E-state index is 12.8. The van der Waals surface area contributed by atoms with Crippen LogP contribution in [-0.2, 0) is 17.9 Å². The van der Waals surface area contributed by atoms with Crippen LogP contribution in [0.1, 0.15) is 5.69 Å². The third kappa shape index (κ3) is 3.59. The lowest BCUT2D eigenvalue weighted by Crippen LogP contribution is -2.28. The summed E-state index contributed by atoms with van der Waals surface area (Å²) in [6, 6.07) is 7.37. The van der Waals surface area contributed by atoms with Crippen LogP contribution in [0, 0.1) is 0 Å². The largest absolute Gasteiger partial charge is 0.378 e. The Morgan fingerprint density at radius 2 is 1.90 bits per heavy atom. The van der Waals surface area contributed by atoms with Crippen LogP contribution >= 0.6 is 11.6 Å². The summed E-state index contributed by atoms with van der Waals surface area (Å²) in [6.45, 7) is 1.50. The maximum Gasteiger partial charge on any atom is 0.283 e. The van der Waals surface area contributed by atoms with Gasteiger partial charge in [-0.05, 0) is 31.8 Å². The van der Waals surface area contributed by atoms with Gasteiger partial charge in [-0.3, -0.25) is 9.36 Å². The van der Waals surface area contributed by atoms with E-state index in [0.29, 0.717) is 35.1 Å². The molecule has 9 nitrogen and oxygen atoms in total. The van der Waals surface area contributed by atoms with E-state index in [4.69, 9.17) is 16.3 Å². The highest BCUT2D eigenvalue weighted by Crippen LogP contribution is 2.29. The molecule has 1 aromatic carbocycles. The Labute approximate surface area is 171 Å². The number of methoxy groups -OCH3 is 1. The van der Waals surface area contributed by atoms with Crippen molar-refractivity contribution >= 4 is 28.4 Å². The van der Waals surface area contributed by atoms with Crippen LogP contribution in [0.2, 0.25) is 5.02 Å². The Bertz CT molecular complexity index is 1230. The number of hydrogen-bond donors (Lipinski definition) is 0. The van der Waals surface area contributed by atoms with E-state index >= 15 is 0 Å². The van der Waals surface area contributed by atoms with Crippen molar-refractivity contribution in [2.45, 2.75) is 13.2 Å². The fraction of sp³-hybridized carbons (Fsp3) is 0.316. The quantitative estimate of drug-likeness (QED) is 0.476. The average Bonchev–Trinajstić information content (AvgIpc) is 3.07. The molecule has 3 heterocycles. The first-order valence-corrected chi connectivity index (χ1v) is 9.40. The lowest BCUT2D eigenvalue weighted by molar-refractivity contribution is 0.181. The minimum atomic E-state index is -0.247. The van der Waals surface area contributed by atoms with Crippen LogP contribution in [0.3, 0.4) is 0 Å². The van der Waals surface area contributed by atoms with Crippen molar-refractivity contribution in [3.8, 4) is 11.1 Å². The number of benzene rings is 1. The normalized spacial score (nSPS) is 11.8. The Morgan fingerprint density at radius 1 is 1.14 bits per heavy atom. The highest BCUT2D eigenvalue weighted by Gasteiger charge is 2.20. The Hall–Kier alpha value is -2.88. The number of ether oxygens (including phenoxy) is 1. The van der Waals surface area contributed by atoms with Gasteiger partial charge in [0, 0.05) is 25.2 Å². The van der Waals surface area contributed by atoms with Gasteiger partial charge in [0.05, 0.1) is 17.9 Å². The summed E-state index contributed by atoms with van der Waals surface area (Å²) in [7, 11) is 5.49. The summed E-state index contributed by atoms with van der Waals surface area (Å²) in [5.41, 5.74) is 3.12. The molecule has 4 rings (SSSR count). The number of halogens is 1. The molecule has 150 valence electrons. The number of likely N-dealkylation sites (N-methyl/N-ethyl adjacent to an activating group) is 1. The van der Waals surface area contributed by atoms with Gasteiger partial charge in [-0.2, -0.15) is 9.61 Å². The number of rotatable bonds is 6. The van der Waals surface area contributed by atoms with Crippen LogP contribution in [-0.4, -0.2) is 62.0 Å². The van der Waals surface area contributed by atoms with Crippen molar-refractivity contribution in [2.75, 3.05) is 27.7 Å². The summed E-state index contributed by atoms with van der Waals surface area (Å²) < 4.78 is 8.40. The maximum absolute atomic E-state index is 12.8. The molecule has 0 saturated heterocycles. The van der Waals surface area contributed by atoms with Crippen LogP contribution in [0.4, 0.5) is 0 Å². The average molecular weight is 414 g/mol. The molecule has 0 amide bonds. The molecule has 0 atom stereocenters. The predicted molar refractivity (Wildman–Crippen MR) is 110 cm³/mol. The summed E-state index contributed by atoms with van der Waals surface area (Å²) in [5.74, 6) is 0. The Kier molecular flexibility index (Phi) is 5.27. The van der Waals surface area contributed by atoms with E-state index in [1.165, 1.54) is 10.9 Å². The molecule has 10 heteroatoms. The van der Waals surface area contributed by atoms with Gasteiger partial charge in [-0.25, -0.2) is 4.98 Å². The third-order valence-corrected chi connectivity index (χ3v) is 4.83. The van der Waals surface area contributed by atoms with Crippen molar-refractivity contribution in [2.24, 2.45) is 0 Å². The molecule has 0 N–H and O–H groups in total. The third-order valence-electron chi connectivity index (χ3n) is 4.58. The smallest absolute Gasteiger partial charge is 0.283 e. The van der Waals surface area contributed by atoms with E-state index in [0.717, 1.165) is 11.1 Å². The van der Waals surface area contributed by atoms with E-state index in [1.54, 1.807) is 23.8 Å². The summed E-state index contributed by atoms with van der Waals surface area (Å²) in [6.07, 6.45) is 1.52. The van der Waals surface area contributed by atoms with E-state index in [2.05, 4.69) is 20.3 Å². The number of nitrogens with zero attached hydrogens (tertiary/aromatic N) is 7. The summed E-state index contributed by atoms with van der Waals surface area (Å²) in [4.78, 5) is 19.3. The Balaban J connectivity index is 1.92. The van der Waals surface area contributed by atoms with Crippen molar-refractivity contribution < 1.29 is 4.74 Å². The molecule has 0 radical (unpaired) electrons. The molecule has 0 fully saturated rings. The number of hydrogen-bond acceptors (Lipinski definition) is 7. The summed E-state index contributed by atoms with van der Waals surface area (Å²) >= 11 is 6.02. The molecule has 0 bridgehead atoms. The molecule has 0 aliphatic carbocycles. The predicted octanol–water partition coefficient (Wildman–Crippen LogP) is 1.86. The summed E-state index contributed by atoms with van der Waals surface area (Å²) in [5, 5.41) is 13.7. The SMILES string of the molecule is COCc1nn2c(nnc3c(=O)n(CCN(C)C)cnc32)c1-c1ccc(Cl)cc1. The van der Waals surface area contributed by atoms with Crippen molar-refractivity contribution in [1.82, 2.24) is 34.3 Å². The van der Waals surface area contributed by atoms with E-state index in [1.807, 2.05) is 31.1 Å².